The number of imidazole rings is 1. The molecule has 9 nitrogen and oxygen atoms in total. The summed E-state index contributed by atoms with van der Waals surface area (Å²) in [6.45, 7) is 1.65. The molecule has 0 unspecified atom stereocenters. The van der Waals surface area contributed by atoms with Gasteiger partial charge in [0.25, 0.3) is 5.91 Å². The maximum atomic E-state index is 14.6. The zero-order valence-electron chi connectivity index (χ0n) is 16.5. The number of nitrogens with one attached hydrogen (secondary N) is 3. The van der Waals surface area contributed by atoms with Crippen molar-refractivity contribution in [2.24, 2.45) is 0 Å². The van der Waals surface area contributed by atoms with E-state index in [1.165, 1.54) is 23.9 Å². The first kappa shape index (κ1) is 19.8. The molecule has 0 spiro atoms. The number of benzene rings is 1. The van der Waals surface area contributed by atoms with E-state index in [0.717, 1.165) is 0 Å². The van der Waals surface area contributed by atoms with Crippen molar-refractivity contribution >= 4 is 28.7 Å². The molecule has 0 fully saturated rings. The number of nitrogens with zero attached hydrogens (tertiary/aromatic N) is 3. The van der Waals surface area contributed by atoms with Crippen LogP contribution in [-0.2, 0) is 11.3 Å². The van der Waals surface area contributed by atoms with Gasteiger partial charge in [-0.05, 0) is 13.0 Å². The number of carbonyl (C=O) groups excluding carboxylic acids is 1. The number of fused-ring (bicyclic) bond motifs is 3. The second-order valence-corrected chi connectivity index (χ2v) is 6.83. The van der Waals surface area contributed by atoms with Crippen LogP contribution < -0.4 is 20.7 Å². The van der Waals surface area contributed by atoms with Crippen LogP contribution in [0.4, 0.5) is 26.0 Å². The van der Waals surface area contributed by atoms with Gasteiger partial charge in [-0.15, -0.1) is 5.10 Å². The fourth-order valence-electron chi connectivity index (χ4n) is 3.25. The molecular formula is C19H20F2N6O3. The lowest BCUT2D eigenvalue weighted by molar-refractivity contribution is 0.0807. The Hall–Kier alpha value is -3.47. The minimum atomic E-state index is -1.13. The van der Waals surface area contributed by atoms with E-state index in [-0.39, 0.29) is 47.8 Å². The van der Waals surface area contributed by atoms with Crippen LogP contribution in [0, 0.1) is 11.6 Å². The third kappa shape index (κ3) is 3.36. The minimum Gasteiger partial charge on any atom is -0.491 e. The monoisotopic (exact) mass is 418 g/mol. The van der Waals surface area contributed by atoms with Gasteiger partial charge in [0, 0.05) is 24.7 Å². The number of hydrogen-bond acceptors (Lipinski definition) is 7. The number of hydrogen-bond donors (Lipinski definition) is 3. The number of rotatable bonds is 2. The SMILES string of the molecule is CNc1cc2nn3c(cnc13)C(=O)N[C@H](C)COCc1cc(c(OC)c(F)c1F)N2. The van der Waals surface area contributed by atoms with Gasteiger partial charge < -0.3 is 25.4 Å². The maximum absolute atomic E-state index is 14.6. The Labute approximate surface area is 170 Å². The van der Waals surface area contributed by atoms with Gasteiger partial charge in [-0.1, -0.05) is 0 Å². The standard InChI is InChI=1S/C19H20F2N6O3/c1-9-7-30-8-10-4-11(17(29-3)16(21)15(10)20)25-14-5-12(22-2)18-23-6-13(19(28)24-9)27(18)26-14/h4-6,9,22H,7-8H2,1-3H3,(H,24,28)(H,25,26)/t9-/m1/s1. The van der Waals surface area contributed by atoms with Crippen molar-refractivity contribution in [1.29, 1.82) is 0 Å². The quantitative estimate of drug-likeness (QED) is 0.588. The highest BCUT2D eigenvalue weighted by Crippen LogP contribution is 2.35. The molecule has 158 valence electrons. The Balaban J connectivity index is 1.93. The molecule has 0 saturated heterocycles. The second kappa shape index (κ2) is 7.75. The third-order valence-corrected chi connectivity index (χ3v) is 4.68. The number of anilines is 3. The molecule has 3 heterocycles. The summed E-state index contributed by atoms with van der Waals surface area (Å²) in [6, 6.07) is 2.66. The predicted molar refractivity (Wildman–Crippen MR) is 105 cm³/mol. The molecule has 1 aromatic carbocycles. The summed E-state index contributed by atoms with van der Waals surface area (Å²) in [7, 11) is 2.94. The van der Waals surface area contributed by atoms with Crippen LogP contribution in [0.25, 0.3) is 5.65 Å². The lowest BCUT2D eigenvalue weighted by Crippen LogP contribution is -2.36. The van der Waals surface area contributed by atoms with E-state index >= 15 is 0 Å². The molecule has 1 atom stereocenters. The summed E-state index contributed by atoms with van der Waals surface area (Å²) >= 11 is 0. The van der Waals surface area contributed by atoms with Crippen LogP contribution in [0.15, 0.2) is 18.3 Å². The van der Waals surface area contributed by atoms with Crippen LogP contribution in [0.2, 0.25) is 0 Å². The number of methoxy groups -OCH3 is 1. The van der Waals surface area contributed by atoms with Crippen molar-refractivity contribution in [2.75, 3.05) is 31.4 Å². The van der Waals surface area contributed by atoms with Crippen molar-refractivity contribution in [3.05, 3.63) is 41.2 Å². The summed E-state index contributed by atoms with van der Waals surface area (Å²) in [6.07, 6.45) is 1.41. The van der Waals surface area contributed by atoms with Crippen molar-refractivity contribution in [3.8, 4) is 5.75 Å². The van der Waals surface area contributed by atoms with E-state index in [0.29, 0.717) is 11.3 Å². The minimum absolute atomic E-state index is 0.00428. The van der Waals surface area contributed by atoms with Crippen molar-refractivity contribution in [3.63, 3.8) is 0 Å². The van der Waals surface area contributed by atoms with Crippen molar-refractivity contribution < 1.29 is 23.0 Å². The molecule has 30 heavy (non-hydrogen) atoms. The van der Waals surface area contributed by atoms with E-state index < -0.39 is 17.5 Å². The highest BCUT2D eigenvalue weighted by Gasteiger charge is 2.23. The Kier molecular flexibility index (Phi) is 5.12. The molecule has 0 saturated carbocycles. The number of amides is 1. The predicted octanol–water partition coefficient (Wildman–Crippen LogP) is 2.45. The van der Waals surface area contributed by atoms with E-state index in [2.05, 4.69) is 26.0 Å². The summed E-state index contributed by atoms with van der Waals surface area (Å²) in [5.74, 6) is -2.62. The van der Waals surface area contributed by atoms with E-state index in [9.17, 15) is 13.6 Å². The highest BCUT2D eigenvalue weighted by atomic mass is 19.2. The molecule has 4 rings (SSSR count). The first-order valence-corrected chi connectivity index (χ1v) is 9.20. The Morgan fingerprint density at radius 3 is 2.87 bits per heavy atom. The molecule has 1 aliphatic heterocycles. The first-order valence-electron chi connectivity index (χ1n) is 9.20. The maximum Gasteiger partial charge on any atom is 0.271 e. The second-order valence-electron chi connectivity index (χ2n) is 6.83. The molecule has 11 heteroatoms. The van der Waals surface area contributed by atoms with Gasteiger partial charge in [0.05, 0.1) is 37.9 Å². The Bertz CT molecular complexity index is 1130. The van der Waals surface area contributed by atoms with Crippen LogP contribution >= 0.6 is 0 Å². The van der Waals surface area contributed by atoms with Gasteiger partial charge in [-0.25, -0.2) is 13.9 Å². The van der Waals surface area contributed by atoms with Gasteiger partial charge in [-0.2, -0.15) is 4.39 Å². The fraction of sp³-hybridized carbons (Fsp3) is 0.316. The van der Waals surface area contributed by atoms with Gasteiger partial charge in [-0.3, -0.25) is 4.79 Å². The van der Waals surface area contributed by atoms with Crippen LogP contribution in [0.1, 0.15) is 23.0 Å². The number of carbonyl (C=O) groups is 1. The topological polar surface area (TPSA) is 102 Å². The zero-order chi connectivity index (χ0) is 21.4. The highest BCUT2D eigenvalue weighted by molar-refractivity contribution is 5.94. The van der Waals surface area contributed by atoms with Crippen LogP contribution in [0.5, 0.6) is 5.75 Å². The lowest BCUT2D eigenvalue weighted by atomic mass is 10.1. The average Bonchev–Trinajstić information content (AvgIpc) is 3.14. The van der Waals surface area contributed by atoms with Gasteiger partial charge in [0.15, 0.2) is 28.7 Å². The van der Waals surface area contributed by atoms with Crippen molar-refractivity contribution in [2.45, 2.75) is 19.6 Å². The van der Waals surface area contributed by atoms with E-state index in [1.807, 2.05) is 0 Å². The fourth-order valence-corrected chi connectivity index (χ4v) is 3.25. The molecule has 2 aromatic heterocycles. The Morgan fingerprint density at radius 1 is 1.33 bits per heavy atom. The normalized spacial score (nSPS) is 16.7. The summed E-state index contributed by atoms with van der Waals surface area (Å²) in [5, 5.41) is 13.1. The smallest absolute Gasteiger partial charge is 0.271 e. The van der Waals surface area contributed by atoms with Crippen LogP contribution in [-0.4, -0.2) is 47.3 Å². The zero-order valence-corrected chi connectivity index (χ0v) is 16.5. The van der Waals surface area contributed by atoms with Gasteiger partial charge >= 0.3 is 0 Å². The molecule has 1 amide bonds. The first-order chi connectivity index (χ1) is 14.4. The Morgan fingerprint density at radius 2 is 2.13 bits per heavy atom. The molecule has 0 radical (unpaired) electrons. The van der Waals surface area contributed by atoms with Crippen LogP contribution in [0.3, 0.4) is 0 Å². The molecule has 3 N–H and O–H groups in total. The number of halogens is 2. The third-order valence-electron chi connectivity index (χ3n) is 4.68. The van der Waals surface area contributed by atoms with E-state index in [1.54, 1.807) is 20.0 Å². The molecule has 4 bridgehead atoms. The molecule has 3 aromatic rings. The summed E-state index contributed by atoms with van der Waals surface area (Å²) in [4.78, 5) is 17.0. The lowest BCUT2D eigenvalue weighted by Gasteiger charge is -2.18. The average molecular weight is 418 g/mol. The van der Waals surface area contributed by atoms with Gasteiger partial charge in [0.2, 0.25) is 5.82 Å². The van der Waals surface area contributed by atoms with Gasteiger partial charge in [0.1, 0.15) is 0 Å². The number of aromatic nitrogens is 3. The van der Waals surface area contributed by atoms with E-state index in [4.69, 9.17) is 9.47 Å². The summed E-state index contributed by atoms with van der Waals surface area (Å²) in [5.41, 5.74) is 1.40. The molecule has 1 aliphatic rings. The van der Waals surface area contributed by atoms with Crippen molar-refractivity contribution in [1.82, 2.24) is 19.9 Å². The number of ether oxygens (including phenoxy) is 2. The summed E-state index contributed by atoms with van der Waals surface area (Å²) < 4.78 is 41.0. The molecular weight excluding hydrogens is 398 g/mol. The molecule has 0 aliphatic carbocycles. The largest absolute Gasteiger partial charge is 0.491 e.